The van der Waals surface area contributed by atoms with E-state index in [1.807, 2.05) is 49.7 Å². The SMILES string of the molecule is CCC1C(=O)NCCN1C(=O)/C=C/c1c(C)nn(Cc2ccccc2Cl)c1C. The summed E-state index contributed by atoms with van der Waals surface area (Å²) in [7, 11) is 0. The van der Waals surface area contributed by atoms with Gasteiger partial charge in [-0.25, -0.2) is 0 Å². The zero-order chi connectivity index (χ0) is 20.3. The van der Waals surface area contributed by atoms with Crippen molar-refractivity contribution < 1.29 is 9.59 Å². The normalized spacial score (nSPS) is 17.2. The predicted octanol–water partition coefficient (Wildman–Crippen LogP) is 2.95. The van der Waals surface area contributed by atoms with Gasteiger partial charge in [0, 0.05) is 35.4 Å². The lowest BCUT2D eigenvalue weighted by Crippen LogP contribution is -2.56. The third kappa shape index (κ3) is 4.12. The maximum Gasteiger partial charge on any atom is 0.247 e. The zero-order valence-corrected chi connectivity index (χ0v) is 17.2. The van der Waals surface area contributed by atoms with E-state index in [2.05, 4.69) is 10.4 Å². The van der Waals surface area contributed by atoms with Crippen molar-refractivity contribution in [3.05, 3.63) is 57.9 Å². The maximum absolute atomic E-state index is 12.7. The van der Waals surface area contributed by atoms with E-state index in [0.29, 0.717) is 31.1 Å². The van der Waals surface area contributed by atoms with E-state index in [0.717, 1.165) is 22.5 Å². The van der Waals surface area contributed by atoms with Gasteiger partial charge in [-0.1, -0.05) is 36.7 Å². The van der Waals surface area contributed by atoms with Crippen LogP contribution in [-0.2, 0) is 16.1 Å². The number of carbonyl (C=O) groups excluding carboxylic acids is 2. The Hall–Kier alpha value is -2.60. The number of carbonyl (C=O) groups is 2. The number of amides is 2. The van der Waals surface area contributed by atoms with E-state index in [1.54, 1.807) is 11.0 Å². The molecule has 1 aliphatic rings. The van der Waals surface area contributed by atoms with Gasteiger partial charge in [-0.05, 0) is 38.0 Å². The van der Waals surface area contributed by atoms with Crippen LogP contribution >= 0.6 is 11.6 Å². The number of nitrogens with zero attached hydrogens (tertiary/aromatic N) is 3. The molecule has 2 aromatic rings. The molecule has 2 amide bonds. The van der Waals surface area contributed by atoms with Crippen molar-refractivity contribution in [3.63, 3.8) is 0 Å². The Kier molecular flexibility index (Phi) is 6.19. The summed E-state index contributed by atoms with van der Waals surface area (Å²) in [6.45, 7) is 7.39. The summed E-state index contributed by atoms with van der Waals surface area (Å²) in [6, 6.07) is 7.28. The molecule has 1 atom stereocenters. The van der Waals surface area contributed by atoms with Crippen molar-refractivity contribution in [1.82, 2.24) is 20.0 Å². The first-order valence-corrected chi connectivity index (χ1v) is 9.84. The van der Waals surface area contributed by atoms with Crippen molar-refractivity contribution in [1.29, 1.82) is 0 Å². The minimum Gasteiger partial charge on any atom is -0.353 e. The summed E-state index contributed by atoms with van der Waals surface area (Å²) < 4.78 is 1.89. The highest BCUT2D eigenvalue weighted by molar-refractivity contribution is 6.31. The summed E-state index contributed by atoms with van der Waals surface area (Å²) in [5, 5.41) is 8.11. The third-order valence-corrected chi connectivity index (χ3v) is 5.48. The molecule has 6 nitrogen and oxygen atoms in total. The Bertz CT molecular complexity index is 919. The predicted molar refractivity (Wildman–Crippen MR) is 110 cm³/mol. The average molecular weight is 401 g/mol. The van der Waals surface area contributed by atoms with Gasteiger partial charge in [0.05, 0.1) is 12.2 Å². The van der Waals surface area contributed by atoms with Gasteiger partial charge in [-0.2, -0.15) is 5.10 Å². The molecule has 7 heteroatoms. The molecule has 148 valence electrons. The van der Waals surface area contributed by atoms with Crippen LogP contribution in [0.25, 0.3) is 6.08 Å². The Morgan fingerprint density at radius 3 is 2.82 bits per heavy atom. The van der Waals surface area contributed by atoms with Crippen molar-refractivity contribution in [3.8, 4) is 0 Å². The van der Waals surface area contributed by atoms with E-state index >= 15 is 0 Å². The Labute approximate surface area is 170 Å². The van der Waals surface area contributed by atoms with Crippen LogP contribution in [0.2, 0.25) is 5.02 Å². The fourth-order valence-electron chi connectivity index (χ4n) is 3.53. The van der Waals surface area contributed by atoms with E-state index in [1.165, 1.54) is 6.08 Å². The number of aromatic nitrogens is 2. The molecule has 0 spiro atoms. The number of aryl methyl sites for hydroxylation is 1. The van der Waals surface area contributed by atoms with E-state index in [4.69, 9.17) is 11.6 Å². The lowest BCUT2D eigenvalue weighted by atomic mass is 10.1. The van der Waals surface area contributed by atoms with Crippen LogP contribution < -0.4 is 5.32 Å². The molecule has 3 rings (SSSR count). The van der Waals surface area contributed by atoms with Gasteiger partial charge in [-0.3, -0.25) is 14.3 Å². The van der Waals surface area contributed by atoms with Crippen molar-refractivity contribution >= 4 is 29.5 Å². The lowest BCUT2D eigenvalue weighted by molar-refractivity contribution is -0.140. The van der Waals surface area contributed by atoms with Crippen molar-refractivity contribution in [2.24, 2.45) is 0 Å². The van der Waals surface area contributed by atoms with Gasteiger partial charge in [0.2, 0.25) is 11.8 Å². The first-order valence-electron chi connectivity index (χ1n) is 9.46. The molecule has 1 saturated heterocycles. The van der Waals surface area contributed by atoms with Crippen LogP contribution in [0.15, 0.2) is 30.3 Å². The van der Waals surface area contributed by atoms with Crippen LogP contribution in [0.3, 0.4) is 0 Å². The number of nitrogens with one attached hydrogen (secondary N) is 1. The molecule has 0 saturated carbocycles. The molecule has 1 aromatic carbocycles. The minimum atomic E-state index is -0.406. The second-order valence-electron chi connectivity index (χ2n) is 6.91. The van der Waals surface area contributed by atoms with Crippen LogP contribution in [0, 0.1) is 13.8 Å². The summed E-state index contributed by atoms with van der Waals surface area (Å²) in [4.78, 5) is 26.3. The van der Waals surface area contributed by atoms with Gasteiger partial charge >= 0.3 is 0 Å². The number of benzene rings is 1. The molecule has 0 radical (unpaired) electrons. The van der Waals surface area contributed by atoms with Gasteiger partial charge in [0.15, 0.2) is 0 Å². The fraction of sp³-hybridized carbons (Fsp3) is 0.381. The highest BCUT2D eigenvalue weighted by atomic mass is 35.5. The van der Waals surface area contributed by atoms with Gasteiger partial charge in [-0.15, -0.1) is 0 Å². The van der Waals surface area contributed by atoms with Gasteiger partial charge in [0.25, 0.3) is 0 Å². The van der Waals surface area contributed by atoms with Crippen molar-refractivity contribution in [2.75, 3.05) is 13.1 Å². The molecule has 0 bridgehead atoms. The summed E-state index contributed by atoms with van der Waals surface area (Å²) >= 11 is 6.26. The smallest absolute Gasteiger partial charge is 0.247 e. The molecular formula is C21H25ClN4O2. The molecule has 1 aliphatic heterocycles. The van der Waals surface area contributed by atoms with Gasteiger partial charge < -0.3 is 10.2 Å². The largest absolute Gasteiger partial charge is 0.353 e. The number of piperazine rings is 1. The average Bonchev–Trinajstić information content (AvgIpc) is 2.94. The van der Waals surface area contributed by atoms with Gasteiger partial charge in [0.1, 0.15) is 6.04 Å². The Balaban J connectivity index is 1.79. The van der Waals surface area contributed by atoms with E-state index in [-0.39, 0.29) is 11.8 Å². The molecule has 2 heterocycles. The maximum atomic E-state index is 12.7. The molecule has 1 N–H and O–H groups in total. The quantitative estimate of drug-likeness (QED) is 0.784. The standard InChI is InChI=1S/C21H25ClN4O2/c1-4-19-21(28)23-11-12-25(19)20(27)10-9-17-14(2)24-26(15(17)3)13-16-7-5-6-8-18(16)22/h5-10,19H,4,11-13H2,1-3H3,(H,23,28)/b10-9+. The third-order valence-electron chi connectivity index (χ3n) is 5.11. The molecule has 28 heavy (non-hydrogen) atoms. The summed E-state index contributed by atoms with van der Waals surface area (Å²) in [6.07, 6.45) is 3.93. The second kappa shape index (κ2) is 8.61. The molecule has 1 aromatic heterocycles. The lowest BCUT2D eigenvalue weighted by Gasteiger charge is -2.33. The van der Waals surface area contributed by atoms with Crippen LogP contribution in [0.5, 0.6) is 0 Å². The first kappa shape index (κ1) is 20.1. The van der Waals surface area contributed by atoms with E-state index < -0.39 is 6.04 Å². The Morgan fingerprint density at radius 1 is 1.36 bits per heavy atom. The number of hydrogen-bond acceptors (Lipinski definition) is 3. The van der Waals surface area contributed by atoms with E-state index in [9.17, 15) is 9.59 Å². The first-order chi connectivity index (χ1) is 13.4. The highest BCUT2D eigenvalue weighted by Crippen LogP contribution is 2.20. The summed E-state index contributed by atoms with van der Waals surface area (Å²) in [5.74, 6) is -0.241. The van der Waals surface area contributed by atoms with Crippen LogP contribution in [-0.4, -0.2) is 45.6 Å². The monoisotopic (exact) mass is 400 g/mol. The minimum absolute atomic E-state index is 0.0876. The summed E-state index contributed by atoms with van der Waals surface area (Å²) in [5.41, 5.74) is 3.71. The zero-order valence-electron chi connectivity index (χ0n) is 16.4. The Morgan fingerprint density at radius 2 is 2.11 bits per heavy atom. The molecule has 0 aliphatic carbocycles. The topological polar surface area (TPSA) is 67.2 Å². The fourth-order valence-corrected chi connectivity index (χ4v) is 3.72. The van der Waals surface area contributed by atoms with Crippen molar-refractivity contribution in [2.45, 2.75) is 39.8 Å². The van der Waals surface area contributed by atoms with Crippen LogP contribution in [0.4, 0.5) is 0 Å². The molecular weight excluding hydrogens is 376 g/mol. The number of rotatable bonds is 5. The van der Waals surface area contributed by atoms with Crippen LogP contribution in [0.1, 0.15) is 35.9 Å². The molecule has 1 fully saturated rings. The number of halogens is 1. The highest BCUT2D eigenvalue weighted by Gasteiger charge is 2.30. The second-order valence-corrected chi connectivity index (χ2v) is 7.32. The molecule has 1 unspecified atom stereocenters. The number of hydrogen-bond donors (Lipinski definition) is 1.